The fraction of sp³-hybridized carbons (Fsp3) is 0.464. The Labute approximate surface area is 209 Å². The summed E-state index contributed by atoms with van der Waals surface area (Å²) in [5.74, 6) is 1.89. The van der Waals surface area contributed by atoms with Gasteiger partial charge >= 0.3 is 0 Å². The van der Waals surface area contributed by atoms with Crippen LogP contribution >= 0.6 is 0 Å². The first-order valence-electron chi connectivity index (χ1n) is 12.1. The molecule has 0 bridgehead atoms. The molecule has 0 amide bonds. The van der Waals surface area contributed by atoms with Crippen LogP contribution in [-0.2, 0) is 11.3 Å². The second kappa shape index (κ2) is 11.7. The zero-order valence-corrected chi connectivity index (χ0v) is 22.0. The van der Waals surface area contributed by atoms with Crippen LogP contribution in [0.4, 0.5) is 0 Å². The third-order valence-corrected chi connectivity index (χ3v) is 5.66. The van der Waals surface area contributed by atoms with Crippen molar-refractivity contribution in [2.24, 2.45) is 0 Å². The van der Waals surface area contributed by atoms with Crippen molar-refractivity contribution in [1.82, 2.24) is 14.7 Å². The molecule has 190 valence electrons. The van der Waals surface area contributed by atoms with Crippen molar-refractivity contribution in [1.29, 1.82) is 0 Å². The van der Waals surface area contributed by atoms with Gasteiger partial charge in [-0.25, -0.2) is 4.68 Å². The zero-order chi connectivity index (χ0) is 25.6. The average molecular weight is 482 g/mol. The van der Waals surface area contributed by atoms with Crippen molar-refractivity contribution in [3.63, 3.8) is 0 Å². The summed E-state index contributed by atoms with van der Waals surface area (Å²) in [6, 6.07) is 17.7. The number of aromatic nitrogens is 2. The summed E-state index contributed by atoms with van der Waals surface area (Å²) >= 11 is 0. The third kappa shape index (κ3) is 7.31. The van der Waals surface area contributed by atoms with Gasteiger partial charge in [-0.1, -0.05) is 30.3 Å². The van der Waals surface area contributed by atoms with Gasteiger partial charge < -0.3 is 19.3 Å². The van der Waals surface area contributed by atoms with Gasteiger partial charge in [-0.15, -0.1) is 0 Å². The Bertz CT molecular complexity index is 1070. The van der Waals surface area contributed by atoms with E-state index in [1.54, 1.807) is 7.11 Å². The molecule has 0 saturated carbocycles. The van der Waals surface area contributed by atoms with Crippen molar-refractivity contribution in [2.45, 2.75) is 65.8 Å². The van der Waals surface area contributed by atoms with Crippen LogP contribution in [0.1, 0.15) is 45.9 Å². The van der Waals surface area contributed by atoms with E-state index in [0.29, 0.717) is 30.5 Å². The van der Waals surface area contributed by atoms with Gasteiger partial charge in [0, 0.05) is 19.1 Å². The van der Waals surface area contributed by atoms with Gasteiger partial charge in [-0.2, -0.15) is 5.10 Å². The Morgan fingerprint density at radius 1 is 1.00 bits per heavy atom. The summed E-state index contributed by atoms with van der Waals surface area (Å²) in [6.07, 6.45) is -0.611. The van der Waals surface area contributed by atoms with Gasteiger partial charge in [-0.05, 0) is 65.8 Å². The third-order valence-electron chi connectivity index (χ3n) is 5.66. The van der Waals surface area contributed by atoms with E-state index in [1.807, 2.05) is 87.0 Å². The number of hydrogen-bond donors (Lipinski definition) is 1. The molecule has 0 spiro atoms. The molecule has 0 unspecified atom stereocenters. The van der Waals surface area contributed by atoms with Crippen LogP contribution in [0.3, 0.4) is 0 Å². The highest BCUT2D eigenvalue weighted by Gasteiger charge is 2.25. The van der Waals surface area contributed by atoms with Crippen LogP contribution in [0.25, 0.3) is 5.69 Å². The molecule has 2 aromatic carbocycles. The number of methoxy groups -OCH3 is 1. The number of nitrogens with zero attached hydrogens (tertiary/aromatic N) is 3. The maximum Gasteiger partial charge on any atom is 0.227 e. The second-order valence-corrected chi connectivity index (χ2v) is 9.97. The van der Waals surface area contributed by atoms with Crippen LogP contribution in [0, 0.1) is 6.92 Å². The molecule has 0 aliphatic heterocycles. The van der Waals surface area contributed by atoms with E-state index in [9.17, 15) is 5.11 Å². The van der Waals surface area contributed by atoms with E-state index in [1.165, 1.54) is 0 Å². The lowest BCUT2D eigenvalue weighted by atomic mass is 10.1. The predicted octanol–water partition coefficient (Wildman–Crippen LogP) is 5.37. The number of aliphatic hydroxyl groups is 1. The number of ether oxygens (including phenoxy) is 3. The van der Waals surface area contributed by atoms with E-state index in [4.69, 9.17) is 19.3 Å². The fourth-order valence-electron chi connectivity index (χ4n) is 3.71. The van der Waals surface area contributed by atoms with Gasteiger partial charge in [0.1, 0.15) is 0 Å². The molecular formula is C28H39N3O4. The standard InChI is InChI=1S/C28H39N3O4/c1-20(2)30(17-23(32)19-34-28(4,5)6)18-24-21(3)29-31(22-13-9-8-10-14-22)27(24)35-26-16-12-11-15-25(26)33-7/h8-16,20,23,32H,17-19H2,1-7H3/t23-/m0/s1. The molecule has 7 nitrogen and oxygen atoms in total. The van der Waals surface area contributed by atoms with Crippen LogP contribution in [0.2, 0.25) is 0 Å². The minimum absolute atomic E-state index is 0.192. The largest absolute Gasteiger partial charge is 0.493 e. The Hall–Kier alpha value is -2.87. The highest BCUT2D eigenvalue weighted by atomic mass is 16.5. The molecule has 0 fully saturated rings. The number of aryl methyl sites for hydroxylation is 1. The minimum atomic E-state index is -0.611. The van der Waals surface area contributed by atoms with Gasteiger partial charge in [-0.3, -0.25) is 4.90 Å². The molecule has 7 heteroatoms. The molecule has 1 N–H and O–H groups in total. The average Bonchev–Trinajstić information content (AvgIpc) is 3.12. The molecule has 1 aromatic heterocycles. The van der Waals surface area contributed by atoms with Crippen LogP contribution in [0.15, 0.2) is 54.6 Å². The maximum atomic E-state index is 10.7. The van der Waals surface area contributed by atoms with E-state index in [-0.39, 0.29) is 18.2 Å². The van der Waals surface area contributed by atoms with Crippen molar-refractivity contribution >= 4 is 0 Å². The van der Waals surface area contributed by atoms with E-state index >= 15 is 0 Å². The van der Waals surface area contributed by atoms with E-state index < -0.39 is 6.10 Å². The lowest BCUT2D eigenvalue weighted by Crippen LogP contribution is -2.40. The van der Waals surface area contributed by atoms with Gasteiger partial charge in [0.2, 0.25) is 5.88 Å². The van der Waals surface area contributed by atoms with Gasteiger partial charge in [0.05, 0.1) is 42.4 Å². The molecule has 0 saturated heterocycles. The Morgan fingerprint density at radius 3 is 2.23 bits per heavy atom. The lowest BCUT2D eigenvalue weighted by molar-refractivity contribution is -0.0587. The van der Waals surface area contributed by atoms with Crippen molar-refractivity contribution in [2.75, 3.05) is 20.3 Å². The second-order valence-electron chi connectivity index (χ2n) is 9.97. The van der Waals surface area contributed by atoms with Crippen molar-refractivity contribution in [3.05, 3.63) is 65.9 Å². The molecule has 0 radical (unpaired) electrons. The molecule has 3 aromatic rings. The Morgan fingerprint density at radius 2 is 1.63 bits per heavy atom. The Kier molecular flexibility index (Phi) is 8.94. The molecular weight excluding hydrogens is 442 g/mol. The van der Waals surface area contributed by atoms with Crippen LogP contribution < -0.4 is 9.47 Å². The first-order chi connectivity index (χ1) is 16.6. The molecule has 3 rings (SSSR count). The van der Waals surface area contributed by atoms with Gasteiger partial charge in [0.25, 0.3) is 0 Å². The van der Waals surface area contributed by atoms with Crippen LogP contribution in [-0.4, -0.2) is 57.8 Å². The number of hydrogen-bond acceptors (Lipinski definition) is 6. The highest BCUT2D eigenvalue weighted by molar-refractivity contribution is 5.47. The summed E-state index contributed by atoms with van der Waals surface area (Å²) in [7, 11) is 1.63. The van der Waals surface area contributed by atoms with E-state index in [0.717, 1.165) is 16.9 Å². The van der Waals surface area contributed by atoms with Crippen molar-refractivity contribution < 1.29 is 19.3 Å². The normalized spacial score (nSPS) is 12.9. The van der Waals surface area contributed by atoms with Gasteiger partial charge in [0.15, 0.2) is 11.5 Å². The summed E-state index contributed by atoms with van der Waals surface area (Å²) in [5, 5.41) is 15.5. The summed E-state index contributed by atoms with van der Waals surface area (Å²) < 4.78 is 19.6. The first kappa shape index (κ1) is 26.7. The first-order valence-corrected chi connectivity index (χ1v) is 12.1. The quantitative estimate of drug-likeness (QED) is 0.397. The summed E-state index contributed by atoms with van der Waals surface area (Å²) in [5.41, 5.74) is 2.43. The Balaban J connectivity index is 1.96. The number of rotatable bonds is 11. The topological polar surface area (TPSA) is 69.0 Å². The molecule has 0 aliphatic carbocycles. The maximum absolute atomic E-state index is 10.7. The van der Waals surface area contributed by atoms with E-state index in [2.05, 4.69) is 18.7 Å². The fourth-order valence-corrected chi connectivity index (χ4v) is 3.71. The monoisotopic (exact) mass is 481 g/mol. The predicted molar refractivity (Wildman–Crippen MR) is 139 cm³/mol. The molecule has 1 heterocycles. The lowest BCUT2D eigenvalue weighted by Gasteiger charge is -2.30. The summed E-state index contributed by atoms with van der Waals surface area (Å²) in [6.45, 7) is 13.5. The number of benzene rings is 2. The smallest absolute Gasteiger partial charge is 0.227 e. The minimum Gasteiger partial charge on any atom is -0.493 e. The molecule has 0 aliphatic rings. The number of para-hydroxylation sites is 3. The highest BCUT2D eigenvalue weighted by Crippen LogP contribution is 2.36. The molecule has 1 atom stereocenters. The number of aliphatic hydroxyl groups excluding tert-OH is 1. The summed E-state index contributed by atoms with van der Waals surface area (Å²) in [4.78, 5) is 2.21. The van der Waals surface area contributed by atoms with Crippen molar-refractivity contribution in [3.8, 4) is 23.1 Å². The van der Waals surface area contributed by atoms with Crippen LogP contribution in [0.5, 0.6) is 17.4 Å². The SMILES string of the molecule is COc1ccccc1Oc1c(CN(C[C@H](O)COC(C)(C)C)C(C)C)c(C)nn1-c1ccccc1. The molecule has 35 heavy (non-hydrogen) atoms. The zero-order valence-electron chi connectivity index (χ0n) is 22.0.